The Morgan fingerprint density at radius 3 is 2.28 bits per heavy atom. The number of nitrogens with zero attached hydrogens (tertiary/aromatic N) is 1. The Bertz CT molecular complexity index is 623. The van der Waals surface area contributed by atoms with Crippen LogP contribution < -0.4 is 10.5 Å². The van der Waals surface area contributed by atoms with Crippen molar-refractivity contribution in [2.45, 2.75) is 12.7 Å². The topological polar surface area (TPSA) is 165 Å². The van der Waals surface area contributed by atoms with Crippen LogP contribution in [0.3, 0.4) is 0 Å². The van der Waals surface area contributed by atoms with E-state index in [-0.39, 0.29) is 5.56 Å². The van der Waals surface area contributed by atoms with Crippen molar-refractivity contribution in [1.29, 1.82) is 0 Å². The number of pyridine rings is 1. The van der Waals surface area contributed by atoms with Crippen LogP contribution in [0.5, 0.6) is 11.8 Å². The van der Waals surface area contributed by atoms with Crippen molar-refractivity contribution >= 4 is 16.0 Å². The normalized spacial score (nSPS) is 11.4. The molecule has 1 rings (SSSR count). The first-order valence-corrected chi connectivity index (χ1v) is 6.09. The third-order valence-corrected chi connectivity index (χ3v) is 2.93. The van der Waals surface area contributed by atoms with Gasteiger partial charge in [-0.25, -0.2) is 0 Å². The average molecular weight is 278 g/mol. The fraction of sp³-hybridized carbons (Fsp3) is 0.250. The fourth-order valence-corrected chi connectivity index (χ4v) is 2.17. The van der Waals surface area contributed by atoms with Crippen molar-refractivity contribution in [3.63, 3.8) is 0 Å². The van der Waals surface area contributed by atoms with Crippen molar-refractivity contribution in [3.05, 3.63) is 21.9 Å². The van der Waals surface area contributed by atoms with Gasteiger partial charge in [0.25, 0.3) is 16.0 Å². The highest BCUT2D eigenvalue weighted by Gasteiger charge is 2.30. The molecule has 0 aliphatic rings. The number of carbonyl (C=O) groups excluding carboxylic acids is 1. The SMILES string of the molecule is Cc1c(CS(=O)(=O)O)c(O)[n+]([O-])c(O)c1C(N)=O. The molecule has 0 radical (unpaired) electrons. The molecule has 0 saturated heterocycles. The largest absolute Gasteiger partial charge is 0.613 e. The number of hydrogen-bond donors (Lipinski definition) is 4. The quantitative estimate of drug-likeness (QED) is 0.297. The molecular weight excluding hydrogens is 268 g/mol. The lowest BCUT2D eigenvalue weighted by atomic mass is 10.1. The first kappa shape index (κ1) is 14.0. The van der Waals surface area contributed by atoms with Crippen molar-refractivity contribution in [2.75, 3.05) is 0 Å². The van der Waals surface area contributed by atoms with Crippen LogP contribution >= 0.6 is 0 Å². The summed E-state index contributed by atoms with van der Waals surface area (Å²) >= 11 is 0. The summed E-state index contributed by atoms with van der Waals surface area (Å²) in [6.07, 6.45) is 0. The number of nitrogens with two attached hydrogens (primary N) is 1. The molecule has 0 atom stereocenters. The van der Waals surface area contributed by atoms with Crippen LogP contribution in [0.25, 0.3) is 0 Å². The third kappa shape index (κ3) is 2.43. The maximum atomic E-state index is 11.3. The molecule has 0 saturated carbocycles. The zero-order valence-electron chi connectivity index (χ0n) is 9.11. The molecule has 0 unspecified atom stereocenters. The first-order chi connectivity index (χ1) is 8.06. The van der Waals surface area contributed by atoms with Crippen molar-refractivity contribution in [2.24, 2.45) is 5.73 Å². The van der Waals surface area contributed by atoms with Crippen LogP contribution in [-0.4, -0.2) is 29.1 Å². The van der Waals surface area contributed by atoms with Crippen LogP contribution in [0.2, 0.25) is 0 Å². The van der Waals surface area contributed by atoms with Gasteiger partial charge < -0.3 is 21.2 Å². The Balaban J connectivity index is 3.68. The summed E-state index contributed by atoms with van der Waals surface area (Å²) in [4.78, 5) is 11.0. The number of aromatic hydroxyl groups is 2. The number of aromatic nitrogens is 1. The van der Waals surface area contributed by atoms with Crippen LogP contribution in [0.1, 0.15) is 21.5 Å². The molecule has 0 aliphatic carbocycles. The maximum Gasteiger partial charge on any atom is 0.393 e. The molecule has 100 valence electrons. The lowest BCUT2D eigenvalue weighted by molar-refractivity contribution is -0.621. The molecule has 0 aromatic carbocycles. The molecule has 1 aromatic heterocycles. The minimum Gasteiger partial charge on any atom is -0.613 e. The van der Waals surface area contributed by atoms with Gasteiger partial charge in [-0.1, -0.05) is 4.73 Å². The van der Waals surface area contributed by atoms with Crippen molar-refractivity contribution in [3.8, 4) is 11.8 Å². The summed E-state index contributed by atoms with van der Waals surface area (Å²) in [7, 11) is -4.54. The summed E-state index contributed by atoms with van der Waals surface area (Å²) in [6, 6.07) is 0. The minimum absolute atomic E-state index is 0.206. The van der Waals surface area contributed by atoms with E-state index in [0.717, 1.165) is 0 Å². The number of carbonyl (C=O) groups is 1. The summed E-state index contributed by atoms with van der Waals surface area (Å²) in [6.45, 7) is 1.17. The smallest absolute Gasteiger partial charge is 0.393 e. The summed E-state index contributed by atoms with van der Waals surface area (Å²) in [5.41, 5.74) is 3.58. The van der Waals surface area contributed by atoms with E-state index < -0.39 is 49.4 Å². The van der Waals surface area contributed by atoms with Crippen LogP contribution in [-0.2, 0) is 15.9 Å². The Hall–Kier alpha value is -2.07. The summed E-state index contributed by atoms with van der Waals surface area (Å²) in [5.74, 6) is -4.54. The number of rotatable bonds is 3. The molecule has 0 aliphatic heterocycles. The lowest BCUT2D eigenvalue weighted by Gasteiger charge is -2.11. The zero-order chi connectivity index (χ0) is 14.2. The summed E-state index contributed by atoms with van der Waals surface area (Å²) in [5, 5.41) is 30.0. The lowest BCUT2D eigenvalue weighted by Crippen LogP contribution is -2.32. The van der Waals surface area contributed by atoms with E-state index in [1.807, 2.05) is 0 Å². The van der Waals surface area contributed by atoms with Gasteiger partial charge in [-0.3, -0.25) is 9.35 Å². The molecule has 1 heterocycles. The minimum atomic E-state index is -4.54. The Labute approximate surface area is 101 Å². The fourth-order valence-electron chi connectivity index (χ4n) is 1.46. The molecule has 10 heteroatoms. The highest BCUT2D eigenvalue weighted by atomic mass is 32.2. The summed E-state index contributed by atoms with van der Waals surface area (Å²) < 4.78 is 29.7. The second kappa shape index (κ2) is 4.31. The highest BCUT2D eigenvalue weighted by Crippen LogP contribution is 2.27. The van der Waals surface area contributed by atoms with Gasteiger partial charge >= 0.3 is 11.8 Å². The predicted molar refractivity (Wildman–Crippen MR) is 57.2 cm³/mol. The van der Waals surface area contributed by atoms with Gasteiger partial charge in [-0.05, 0) is 12.5 Å². The Morgan fingerprint density at radius 1 is 1.39 bits per heavy atom. The van der Waals surface area contributed by atoms with E-state index in [1.165, 1.54) is 6.92 Å². The average Bonchev–Trinajstić information content (AvgIpc) is 2.20. The van der Waals surface area contributed by atoms with Crippen LogP contribution in [0.4, 0.5) is 0 Å². The molecular formula is C8H10N2O7S. The predicted octanol–water partition coefficient (Wildman–Crippen LogP) is -1.47. The molecule has 1 amide bonds. The van der Waals surface area contributed by atoms with E-state index in [2.05, 4.69) is 0 Å². The van der Waals surface area contributed by atoms with Gasteiger partial charge in [0.1, 0.15) is 5.75 Å². The van der Waals surface area contributed by atoms with E-state index in [0.29, 0.717) is 0 Å². The van der Waals surface area contributed by atoms with Crippen LogP contribution in [0.15, 0.2) is 0 Å². The standard InChI is InChI=1S/C8H10N2O7S/c1-3-4(2-18(15,16)17)7(12)10(14)8(13)5(3)6(9)11/h12-13H,2H2,1H3,(H2,9,11)(H,15,16,17). The van der Waals surface area contributed by atoms with Gasteiger partial charge in [0.2, 0.25) is 0 Å². The molecule has 5 N–H and O–H groups in total. The molecule has 0 bridgehead atoms. The van der Waals surface area contributed by atoms with Gasteiger partial charge in [-0.15, -0.1) is 0 Å². The van der Waals surface area contributed by atoms with Gasteiger partial charge in [-0.2, -0.15) is 8.42 Å². The zero-order valence-corrected chi connectivity index (χ0v) is 9.93. The number of primary amides is 1. The van der Waals surface area contributed by atoms with Crippen molar-refractivity contribution < 1.29 is 32.7 Å². The van der Waals surface area contributed by atoms with E-state index in [9.17, 15) is 28.6 Å². The molecule has 0 fully saturated rings. The van der Waals surface area contributed by atoms with Gasteiger partial charge in [0.15, 0.2) is 5.56 Å². The second-order valence-electron chi connectivity index (χ2n) is 3.51. The number of hydrogen-bond acceptors (Lipinski definition) is 6. The number of amides is 1. The van der Waals surface area contributed by atoms with Gasteiger partial charge in [0.05, 0.1) is 5.56 Å². The molecule has 9 nitrogen and oxygen atoms in total. The van der Waals surface area contributed by atoms with Crippen molar-refractivity contribution in [1.82, 2.24) is 0 Å². The van der Waals surface area contributed by atoms with Crippen LogP contribution in [0, 0.1) is 12.1 Å². The van der Waals surface area contributed by atoms with Gasteiger partial charge in [0, 0.05) is 0 Å². The Kier molecular flexibility index (Phi) is 3.35. The van der Waals surface area contributed by atoms with E-state index in [1.54, 1.807) is 0 Å². The maximum absolute atomic E-state index is 11.3. The third-order valence-electron chi connectivity index (χ3n) is 2.28. The van der Waals surface area contributed by atoms with E-state index >= 15 is 0 Å². The second-order valence-corrected chi connectivity index (χ2v) is 4.96. The highest BCUT2D eigenvalue weighted by molar-refractivity contribution is 7.85. The Morgan fingerprint density at radius 2 is 1.89 bits per heavy atom. The molecule has 1 aromatic rings. The molecule has 0 spiro atoms. The monoisotopic (exact) mass is 278 g/mol. The molecule has 18 heavy (non-hydrogen) atoms. The first-order valence-electron chi connectivity index (χ1n) is 4.48. The van der Waals surface area contributed by atoms with E-state index in [4.69, 9.17) is 10.3 Å².